The van der Waals surface area contributed by atoms with Crippen molar-refractivity contribution < 1.29 is 4.79 Å². The number of hydrogen-bond donors (Lipinski definition) is 1. The summed E-state index contributed by atoms with van der Waals surface area (Å²) in [6.07, 6.45) is 5.55. The van der Waals surface area contributed by atoms with Gasteiger partial charge in [0, 0.05) is 31.6 Å². The number of rotatable bonds is 7. The Labute approximate surface area is 115 Å². The first kappa shape index (κ1) is 12.7. The van der Waals surface area contributed by atoms with E-state index in [0.717, 1.165) is 13.1 Å². The van der Waals surface area contributed by atoms with Crippen LogP contribution in [0.2, 0.25) is 0 Å². The molecule has 0 spiro atoms. The van der Waals surface area contributed by atoms with Crippen LogP contribution in [0.25, 0.3) is 0 Å². The number of nitrogens with zero attached hydrogens (tertiary/aromatic N) is 1. The van der Waals surface area contributed by atoms with Gasteiger partial charge in [-0.05, 0) is 31.2 Å². The monoisotopic (exact) mass is 258 g/mol. The molecule has 19 heavy (non-hydrogen) atoms. The lowest BCUT2D eigenvalue weighted by Crippen LogP contribution is -2.34. The second-order valence-corrected chi connectivity index (χ2v) is 5.72. The maximum atomic E-state index is 12.3. The third-order valence-electron chi connectivity index (χ3n) is 3.85. The van der Waals surface area contributed by atoms with Gasteiger partial charge >= 0.3 is 0 Å². The van der Waals surface area contributed by atoms with Crippen molar-refractivity contribution >= 4 is 5.91 Å². The first-order chi connectivity index (χ1) is 9.33. The van der Waals surface area contributed by atoms with Crippen molar-refractivity contribution in [3.05, 3.63) is 35.9 Å². The summed E-state index contributed by atoms with van der Waals surface area (Å²) in [5, 5.41) is 3.42. The Morgan fingerprint density at radius 1 is 1.16 bits per heavy atom. The highest BCUT2D eigenvalue weighted by atomic mass is 16.2. The molecular weight excluding hydrogens is 236 g/mol. The van der Waals surface area contributed by atoms with E-state index in [1.807, 2.05) is 18.2 Å². The predicted octanol–water partition coefficient (Wildman–Crippen LogP) is 2.32. The number of carbonyl (C=O) groups is 1. The lowest BCUT2D eigenvalue weighted by Gasteiger charge is -2.22. The molecule has 0 radical (unpaired) electrons. The fourth-order valence-corrected chi connectivity index (χ4v) is 2.40. The van der Waals surface area contributed by atoms with Crippen LogP contribution in [0.1, 0.15) is 37.7 Å². The largest absolute Gasteiger partial charge is 0.335 e. The number of carbonyl (C=O) groups excluding carboxylic acids is 1. The van der Waals surface area contributed by atoms with E-state index in [4.69, 9.17) is 0 Å². The molecule has 2 aliphatic rings. The second kappa shape index (κ2) is 5.74. The molecule has 1 amide bonds. The van der Waals surface area contributed by atoms with Gasteiger partial charge in [0.1, 0.15) is 0 Å². The summed E-state index contributed by atoms with van der Waals surface area (Å²) in [5.74, 6) is 0.305. The fraction of sp³-hybridized carbons (Fsp3) is 0.562. The lowest BCUT2D eigenvalue weighted by molar-refractivity contribution is -0.132. The Morgan fingerprint density at radius 2 is 1.89 bits per heavy atom. The summed E-state index contributed by atoms with van der Waals surface area (Å²) in [6.45, 7) is 1.61. The number of amides is 1. The highest BCUT2D eigenvalue weighted by molar-refractivity contribution is 5.77. The Morgan fingerprint density at radius 3 is 2.53 bits per heavy atom. The van der Waals surface area contributed by atoms with E-state index < -0.39 is 0 Å². The topological polar surface area (TPSA) is 32.3 Å². The Balaban J connectivity index is 1.52. The lowest BCUT2D eigenvalue weighted by atomic mass is 10.2. The SMILES string of the molecule is O=C(CCNC1CC1)N(Cc1ccccc1)C1CC1. The first-order valence-corrected chi connectivity index (χ1v) is 7.40. The van der Waals surface area contributed by atoms with Gasteiger partial charge in [0.2, 0.25) is 5.91 Å². The highest BCUT2D eigenvalue weighted by Gasteiger charge is 2.32. The fourth-order valence-electron chi connectivity index (χ4n) is 2.40. The van der Waals surface area contributed by atoms with E-state index >= 15 is 0 Å². The third-order valence-corrected chi connectivity index (χ3v) is 3.85. The molecule has 0 saturated heterocycles. The van der Waals surface area contributed by atoms with Crippen LogP contribution in [0.4, 0.5) is 0 Å². The zero-order valence-electron chi connectivity index (χ0n) is 11.3. The van der Waals surface area contributed by atoms with Crippen LogP contribution in [-0.2, 0) is 11.3 Å². The molecule has 0 unspecified atom stereocenters. The van der Waals surface area contributed by atoms with Gasteiger partial charge < -0.3 is 10.2 Å². The Kier molecular flexibility index (Phi) is 3.83. The van der Waals surface area contributed by atoms with Crippen molar-refractivity contribution in [2.24, 2.45) is 0 Å². The van der Waals surface area contributed by atoms with Crippen LogP contribution in [0.15, 0.2) is 30.3 Å². The standard InChI is InChI=1S/C16H22N2O/c19-16(10-11-17-14-6-7-14)18(15-8-9-15)12-13-4-2-1-3-5-13/h1-5,14-15,17H,6-12H2. The molecule has 3 heteroatoms. The number of nitrogens with one attached hydrogen (secondary N) is 1. The van der Waals surface area contributed by atoms with Gasteiger partial charge in [-0.25, -0.2) is 0 Å². The van der Waals surface area contributed by atoms with Gasteiger partial charge in [-0.3, -0.25) is 4.79 Å². The van der Waals surface area contributed by atoms with Crippen molar-refractivity contribution in [2.45, 2.75) is 50.7 Å². The zero-order valence-corrected chi connectivity index (χ0v) is 11.3. The van der Waals surface area contributed by atoms with Crippen LogP contribution in [0, 0.1) is 0 Å². The van der Waals surface area contributed by atoms with E-state index in [1.54, 1.807) is 0 Å². The van der Waals surface area contributed by atoms with Gasteiger partial charge in [-0.2, -0.15) is 0 Å². The summed E-state index contributed by atoms with van der Waals surface area (Å²) in [7, 11) is 0. The molecular formula is C16H22N2O. The van der Waals surface area contributed by atoms with Crippen molar-refractivity contribution in [1.82, 2.24) is 10.2 Å². The molecule has 2 saturated carbocycles. The summed E-state index contributed by atoms with van der Waals surface area (Å²) < 4.78 is 0. The van der Waals surface area contributed by atoms with Crippen LogP contribution in [0.3, 0.4) is 0 Å². The molecule has 2 aliphatic carbocycles. The van der Waals surface area contributed by atoms with Gasteiger partial charge in [0.05, 0.1) is 0 Å². The molecule has 0 heterocycles. The van der Waals surface area contributed by atoms with Gasteiger partial charge in [0.15, 0.2) is 0 Å². The smallest absolute Gasteiger partial charge is 0.224 e. The molecule has 0 atom stereocenters. The predicted molar refractivity (Wildman–Crippen MR) is 75.7 cm³/mol. The number of hydrogen-bond acceptors (Lipinski definition) is 2. The molecule has 1 aromatic rings. The van der Waals surface area contributed by atoms with Crippen LogP contribution in [0.5, 0.6) is 0 Å². The number of benzene rings is 1. The minimum Gasteiger partial charge on any atom is -0.335 e. The molecule has 0 aromatic heterocycles. The van der Waals surface area contributed by atoms with Crippen LogP contribution >= 0.6 is 0 Å². The molecule has 0 aliphatic heterocycles. The van der Waals surface area contributed by atoms with Crippen LogP contribution < -0.4 is 5.32 Å². The van der Waals surface area contributed by atoms with E-state index in [0.29, 0.717) is 24.4 Å². The van der Waals surface area contributed by atoms with Gasteiger partial charge in [-0.15, -0.1) is 0 Å². The third kappa shape index (κ3) is 3.80. The normalized spacial score (nSPS) is 18.3. The highest BCUT2D eigenvalue weighted by Crippen LogP contribution is 2.29. The van der Waals surface area contributed by atoms with Crippen molar-refractivity contribution in [3.8, 4) is 0 Å². The summed E-state index contributed by atoms with van der Waals surface area (Å²) in [6, 6.07) is 11.5. The van der Waals surface area contributed by atoms with Gasteiger partial charge in [-0.1, -0.05) is 30.3 Å². The molecule has 2 fully saturated rings. The summed E-state index contributed by atoms with van der Waals surface area (Å²) >= 11 is 0. The maximum Gasteiger partial charge on any atom is 0.224 e. The molecule has 102 valence electrons. The van der Waals surface area contributed by atoms with E-state index in [-0.39, 0.29) is 0 Å². The summed E-state index contributed by atoms with van der Waals surface area (Å²) in [5.41, 5.74) is 1.23. The molecule has 0 bridgehead atoms. The molecule has 3 nitrogen and oxygen atoms in total. The first-order valence-electron chi connectivity index (χ1n) is 7.40. The van der Waals surface area contributed by atoms with E-state index in [2.05, 4.69) is 22.3 Å². The van der Waals surface area contributed by atoms with Crippen molar-refractivity contribution in [1.29, 1.82) is 0 Å². The zero-order chi connectivity index (χ0) is 13.1. The quantitative estimate of drug-likeness (QED) is 0.814. The van der Waals surface area contributed by atoms with Crippen molar-refractivity contribution in [3.63, 3.8) is 0 Å². The molecule has 1 N–H and O–H groups in total. The Hall–Kier alpha value is -1.35. The maximum absolute atomic E-state index is 12.3. The van der Waals surface area contributed by atoms with Gasteiger partial charge in [0.25, 0.3) is 0 Å². The van der Waals surface area contributed by atoms with Crippen molar-refractivity contribution in [2.75, 3.05) is 6.54 Å². The average molecular weight is 258 g/mol. The minimum absolute atomic E-state index is 0.305. The minimum atomic E-state index is 0.305. The molecule has 1 aromatic carbocycles. The van der Waals surface area contributed by atoms with E-state index in [1.165, 1.54) is 31.2 Å². The summed E-state index contributed by atoms with van der Waals surface area (Å²) in [4.78, 5) is 14.4. The Bertz CT molecular complexity index is 424. The second-order valence-electron chi connectivity index (χ2n) is 5.72. The average Bonchev–Trinajstić information content (AvgIpc) is 3.29. The van der Waals surface area contributed by atoms with E-state index in [9.17, 15) is 4.79 Å². The van der Waals surface area contributed by atoms with Crippen LogP contribution in [-0.4, -0.2) is 29.4 Å². The molecule has 3 rings (SSSR count).